The van der Waals surface area contributed by atoms with Gasteiger partial charge < -0.3 is 20.8 Å². The maximum atomic E-state index is 10.9. The van der Waals surface area contributed by atoms with Crippen molar-refractivity contribution in [3.63, 3.8) is 0 Å². The second-order valence-corrected chi connectivity index (χ2v) is 4.10. The minimum Gasteiger partial charge on any atom is -0.478 e. The van der Waals surface area contributed by atoms with E-state index in [0.29, 0.717) is 18.7 Å². The number of rotatable bonds is 5. The number of nitrogens with zero attached hydrogens (tertiary/aromatic N) is 1. The minimum atomic E-state index is -1.03. The Morgan fingerprint density at radius 1 is 1.53 bits per heavy atom. The highest BCUT2D eigenvalue weighted by Crippen LogP contribution is 2.26. The number of aliphatic hydroxyl groups is 1. The Bertz CT molecular complexity index is 405. The fourth-order valence-corrected chi connectivity index (χ4v) is 1.57. The highest BCUT2D eigenvalue weighted by molar-refractivity contribution is 5.97. The Morgan fingerprint density at radius 3 is 2.71 bits per heavy atom. The molecular weight excluding hydrogens is 220 g/mol. The quantitative estimate of drug-likeness (QED) is 0.670. The maximum absolute atomic E-state index is 10.9. The van der Waals surface area contributed by atoms with Gasteiger partial charge in [0.15, 0.2) is 0 Å². The van der Waals surface area contributed by atoms with Gasteiger partial charge in [-0.1, -0.05) is 6.07 Å². The summed E-state index contributed by atoms with van der Waals surface area (Å²) in [6.45, 7) is 2.33. The predicted molar refractivity (Wildman–Crippen MR) is 67.4 cm³/mol. The average molecular weight is 238 g/mol. The Balaban J connectivity index is 2.90. The smallest absolute Gasteiger partial charge is 0.337 e. The van der Waals surface area contributed by atoms with E-state index in [1.807, 2.05) is 11.9 Å². The lowest BCUT2D eigenvalue weighted by molar-refractivity contribution is 0.0698. The third kappa shape index (κ3) is 3.35. The molecule has 1 atom stereocenters. The van der Waals surface area contributed by atoms with Crippen LogP contribution in [0.15, 0.2) is 18.2 Å². The number of benzene rings is 1. The van der Waals surface area contributed by atoms with Crippen LogP contribution in [-0.2, 0) is 0 Å². The first-order valence-corrected chi connectivity index (χ1v) is 5.44. The number of carboxylic acids is 1. The summed E-state index contributed by atoms with van der Waals surface area (Å²) in [4.78, 5) is 12.8. The first kappa shape index (κ1) is 13.3. The number of hydrogen-bond acceptors (Lipinski definition) is 4. The number of anilines is 2. The Morgan fingerprint density at radius 2 is 2.18 bits per heavy atom. The van der Waals surface area contributed by atoms with Crippen LogP contribution >= 0.6 is 0 Å². The molecule has 0 bridgehead atoms. The van der Waals surface area contributed by atoms with E-state index >= 15 is 0 Å². The van der Waals surface area contributed by atoms with Crippen LogP contribution in [0.1, 0.15) is 23.7 Å². The number of carbonyl (C=O) groups is 1. The Labute approximate surface area is 100 Å². The first-order chi connectivity index (χ1) is 7.93. The zero-order chi connectivity index (χ0) is 13.0. The molecule has 5 nitrogen and oxygen atoms in total. The molecule has 0 aliphatic rings. The van der Waals surface area contributed by atoms with Crippen molar-refractivity contribution >= 4 is 17.3 Å². The lowest BCUT2D eigenvalue weighted by Crippen LogP contribution is -2.23. The molecule has 1 aromatic rings. The topological polar surface area (TPSA) is 86.8 Å². The fourth-order valence-electron chi connectivity index (χ4n) is 1.57. The standard InChI is InChI=1S/C12H18N2O3/c1-8(15)6-7-14(2)10-5-3-4-9(11(10)13)12(16)17/h3-5,8,15H,6-7,13H2,1-2H3,(H,16,17). The van der Waals surface area contributed by atoms with Gasteiger partial charge in [-0.25, -0.2) is 4.79 Å². The van der Waals surface area contributed by atoms with Crippen molar-refractivity contribution in [1.82, 2.24) is 0 Å². The number of nitrogen functional groups attached to an aromatic ring is 1. The van der Waals surface area contributed by atoms with Gasteiger partial charge in [0.1, 0.15) is 0 Å². The monoisotopic (exact) mass is 238 g/mol. The molecule has 0 saturated heterocycles. The van der Waals surface area contributed by atoms with Crippen molar-refractivity contribution in [3.8, 4) is 0 Å². The third-order valence-corrected chi connectivity index (χ3v) is 2.61. The highest BCUT2D eigenvalue weighted by atomic mass is 16.4. The summed E-state index contributed by atoms with van der Waals surface area (Å²) in [6, 6.07) is 4.90. The van der Waals surface area contributed by atoms with E-state index < -0.39 is 5.97 Å². The van der Waals surface area contributed by atoms with Crippen LogP contribution in [-0.4, -0.2) is 35.9 Å². The summed E-state index contributed by atoms with van der Waals surface area (Å²) < 4.78 is 0. The molecule has 0 heterocycles. The Hall–Kier alpha value is -1.75. The van der Waals surface area contributed by atoms with Gasteiger partial charge in [0.05, 0.1) is 23.0 Å². The SMILES string of the molecule is CC(O)CCN(C)c1cccc(C(=O)O)c1N. The van der Waals surface area contributed by atoms with Gasteiger partial charge >= 0.3 is 5.97 Å². The molecule has 0 saturated carbocycles. The molecule has 1 rings (SSSR count). The average Bonchev–Trinajstić information content (AvgIpc) is 2.25. The molecule has 0 aliphatic heterocycles. The van der Waals surface area contributed by atoms with E-state index in [4.69, 9.17) is 10.8 Å². The van der Waals surface area contributed by atoms with E-state index in [0.717, 1.165) is 0 Å². The fraction of sp³-hybridized carbons (Fsp3) is 0.417. The molecule has 0 fully saturated rings. The molecule has 0 aliphatic carbocycles. The number of para-hydroxylation sites is 1. The molecule has 0 aromatic heterocycles. The van der Waals surface area contributed by atoms with Crippen molar-refractivity contribution in [3.05, 3.63) is 23.8 Å². The zero-order valence-corrected chi connectivity index (χ0v) is 10.1. The van der Waals surface area contributed by atoms with Crippen molar-refractivity contribution < 1.29 is 15.0 Å². The van der Waals surface area contributed by atoms with Gasteiger partial charge in [0, 0.05) is 13.6 Å². The van der Waals surface area contributed by atoms with Crippen LogP contribution in [0.4, 0.5) is 11.4 Å². The van der Waals surface area contributed by atoms with Crippen LogP contribution < -0.4 is 10.6 Å². The number of aliphatic hydroxyl groups excluding tert-OH is 1. The van der Waals surface area contributed by atoms with Gasteiger partial charge in [0.2, 0.25) is 0 Å². The van der Waals surface area contributed by atoms with Crippen LogP contribution in [0.2, 0.25) is 0 Å². The molecule has 1 unspecified atom stereocenters. The van der Waals surface area contributed by atoms with Crippen LogP contribution in [0, 0.1) is 0 Å². The molecular formula is C12H18N2O3. The molecule has 1 aromatic carbocycles. The van der Waals surface area contributed by atoms with E-state index in [9.17, 15) is 9.90 Å². The second kappa shape index (κ2) is 5.54. The minimum absolute atomic E-state index is 0.103. The van der Waals surface area contributed by atoms with Gasteiger partial charge in [-0.2, -0.15) is 0 Å². The van der Waals surface area contributed by atoms with Gasteiger partial charge in [-0.3, -0.25) is 0 Å². The molecule has 0 amide bonds. The lowest BCUT2D eigenvalue weighted by Gasteiger charge is -2.22. The van der Waals surface area contributed by atoms with E-state index in [1.165, 1.54) is 6.07 Å². The van der Waals surface area contributed by atoms with Gasteiger partial charge in [-0.15, -0.1) is 0 Å². The highest BCUT2D eigenvalue weighted by Gasteiger charge is 2.13. The first-order valence-electron chi connectivity index (χ1n) is 5.44. The summed E-state index contributed by atoms with van der Waals surface area (Å²) in [5.41, 5.74) is 6.84. The Kier molecular flexibility index (Phi) is 4.34. The van der Waals surface area contributed by atoms with Crippen LogP contribution in [0.3, 0.4) is 0 Å². The maximum Gasteiger partial charge on any atom is 0.337 e. The number of carboxylic acid groups (broad SMARTS) is 1. The number of aromatic carboxylic acids is 1. The third-order valence-electron chi connectivity index (χ3n) is 2.61. The van der Waals surface area contributed by atoms with Gasteiger partial charge in [-0.05, 0) is 25.5 Å². The van der Waals surface area contributed by atoms with E-state index in [2.05, 4.69) is 0 Å². The summed E-state index contributed by atoms with van der Waals surface area (Å²) in [5.74, 6) is -1.03. The second-order valence-electron chi connectivity index (χ2n) is 4.10. The summed E-state index contributed by atoms with van der Waals surface area (Å²) in [6.07, 6.45) is 0.217. The normalized spacial score (nSPS) is 12.2. The lowest BCUT2D eigenvalue weighted by atomic mass is 10.1. The molecule has 0 spiro atoms. The van der Waals surface area contributed by atoms with Crippen LogP contribution in [0.25, 0.3) is 0 Å². The number of nitrogens with two attached hydrogens (primary N) is 1. The van der Waals surface area contributed by atoms with Crippen molar-refractivity contribution in [2.24, 2.45) is 0 Å². The van der Waals surface area contributed by atoms with Crippen molar-refractivity contribution in [1.29, 1.82) is 0 Å². The van der Waals surface area contributed by atoms with Crippen molar-refractivity contribution in [2.75, 3.05) is 24.2 Å². The molecule has 4 N–H and O–H groups in total. The van der Waals surface area contributed by atoms with E-state index in [-0.39, 0.29) is 17.4 Å². The molecule has 94 valence electrons. The summed E-state index contributed by atoms with van der Waals surface area (Å²) >= 11 is 0. The van der Waals surface area contributed by atoms with Crippen molar-refractivity contribution in [2.45, 2.75) is 19.4 Å². The predicted octanol–water partition coefficient (Wildman–Crippen LogP) is 1.17. The molecule has 0 radical (unpaired) electrons. The zero-order valence-electron chi connectivity index (χ0n) is 10.1. The van der Waals surface area contributed by atoms with Crippen LogP contribution in [0.5, 0.6) is 0 Å². The number of hydrogen-bond donors (Lipinski definition) is 3. The van der Waals surface area contributed by atoms with E-state index in [1.54, 1.807) is 19.1 Å². The molecule has 5 heteroatoms. The largest absolute Gasteiger partial charge is 0.478 e. The summed E-state index contributed by atoms with van der Waals surface area (Å²) in [7, 11) is 1.82. The molecule has 17 heavy (non-hydrogen) atoms. The summed E-state index contributed by atoms with van der Waals surface area (Å²) in [5, 5.41) is 18.2. The van der Waals surface area contributed by atoms with Gasteiger partial charge in [0.25, 0.3) is 0 Å².